The molecular formula is C22H38N4O8. The Bertz CT molecular complexity index is 695. The monoisotopic (exact) mass is 486 g/mol. The smallest absolute Gasteiger partial charge is 0.329 e. The summed E-state index contributed by atoms with van der Waals surface area (Å²) in [6, 6.07) is 5.23. The lowest BCUT2D eigenvalue weighted by atomic mass is 9.97. The number of carboxylic acids is 2. The summed E-state index contributed by atoms with van der Waals surface area (Å²) in [5, 5.41) is 26.2. The van der Waals surface area contributed by atoms with Crippen molar-refractivity contribution in [3.8, 4) is 0 Å². The van der Waals surface area contributed by atoms with E-state index in [4.69, 9.17) is 27.4 Å². The highest BCUT2D eigenvalue weighted by Gasteiger charge is 2.09. The fraction of sp³-hybridized carbons (Fsp3) is 0.591. The average Bonchev–Trinajstić information content (AvgIpc) is 2.81. The zero-order valence-electron chi connectivity index (χ0n) is 19.6. The van der Waals surface area contributed by atoms with E-state index in [1.165, 1.54) is 63.5 Å². The number of non-ortho nitro benzene ring substituents is 1. The van der Waals surface area contributed by atoms with Gasteiger partial charge in [0.05, 0.1) is 4.92 Å². The highest BCUT2D eigenvalue weighted by atomic mass is 16.6. The molecule has 1 atom stereocenters. The second kappa shape index (κ2) is 21.9. The van der Waals surface area contributed by atoms with Gasteiger partial charge in [-0.3, -0.25) is 19.7 Å². The predicted octanol–water partition coefficient (Wildman–Crippen LogP) is 1.93. The number of hydrogen-bond acceptors (Lipinski definition) is 9. The van der Waals surface area contributed by atoms with Crippen molar-refractivity contribution in [2.45, 2.75) is 63.5 Å². The molecule has 34 heavy (non-hydrogen) atoms. The zero-order valence-corrected chi connectivity index (χ0v) is 19.6. The number of carboxylic acid groups (broad SMARTS) is 2. The minimum Gasteiger partial charge on any atom is -0.480 e. The van der Waals surface area contributed by atoms with Gasteiger partial charge in [-0.05, 0) is 44.4 Å². The number of unbranched alkanes of at least 4 members (excludes halogenated alkanes) is 1. The van der Waals surface area contributed by atoms with Gasteiger partial charge in [-0.15, -0.1) is 0 Å². The number of nitro benzene ring substituents is 1. The highest BCUT2D eigenvalue weighted by molar-refractivity contribution is 5.75. The molecule has 0 bridgehead atoms. The second-order valence-corrected chi connectivity index (χ2v) is 7.42. The van der Waals surface area contributed by atoms with Gasteiger partial charge in [-0.2, -0.15) is 0 Å². The Morgan fingerprint density at radius 2 is 1.74 bits per heavy atom. The van der Waals surface area contributed by atoms with Crippen LogP contribution >= 0.6 is 0 Å². The van der Waals surface area contributed by atoms with Gasteiger partial charge in [0, 0.05) is 30.8 Å². The van der Waals surface area contributed by atoms with Gasteiger partial charge >= 0.3 is 11.9 Å². The number of methoxy groups -OCH3 is 1. The van der Waals surface area contributed by atoms with E-state index >= 15 is 0 Å². The molecule has 0 heterocycles. The molecule has 0 spiro atoms. The molecule has 0 aromatic heterocycles. The van der Waals surface area contributed by atoms with E-state index in [0.717, 1.165) is 12.8 Å². The van der Waals surface area contributed by atoms with Gasteiger partial charge in [0.15, 0.2) is 0 Å². The Kier molecular flexibility index (Phi) is 21.4. The number of rotatable bonds is 9. The first-order chi connectivity index (χ1) is 16.1. The van der Waals surface area contributed by atoms with E-state index in [1.807, 2.05) is 0 Å². The van der Waals surface area contributed by atoms with E-state index < -0.39 is 22.9 Å². The lowest BCUT2D eigenvalue weighted by Gasteiger charge is -2.15. The maximum atomic E-state index is 10.1. The largest absolute Gasteiger partial charge is 0.480 e. The minimum absolute atomic E-state index is 0.00407. The molecule has 0 saturated heterocycles. The number of nitro groups is 1. The Labute approximate surface area is 199 Å². The second-order valence-electron chi connectivity index (χ2n) is 7.42. The molecule has 1 saturated carbocycles. The fourth-order valence-corrected chi connectivity index (χ4v) is 2.56. The number of nitrogens with zero attached hydrogens (tertiary/aromatic N) is 1. The maximum Gasteiger partial charge on any atom is 0.329 e. The van der Waals surface area contributed by atoms with Gasteiger partial charge < -0.3 is 32.2 Å². The number of aliphatic carboxylic acids is 2. The topological polar surface area (TPSA) is 222 Å². The Hall–Kier alpha value is -2.93. The number of hydrogen-bond donors (Lipinski definition) is 5. The van der Waals surface area contributed by atoms with Crippen LogP contribution in [-0.2, 0) is 14.3 Å². The van der Waals surface area contributed by atoms with Crippen molar-refractivity contribution in [3.05, 3.63) is 39.9 Å². The van der Waals surface area contributed by atoms with E-state index in [2.05, 4.69) is 4.74 Å². The first-order valence-electron chi connectivity index (χ1n) is 10.9. The summed E-state index contributed by atoms with van der Waals surface area (Å²) in [5.41, 5.74) is 16.5. The van der Waals surface area contributed by atoms with Crippen LogP contribution in [0.15, 0.2) is 24.3 Å². The molecule has 1 unspecified atom stereocenters. The lowest BCUT2D eigenvalue weighted by molar-refractivity contribution is -0.384. The number of carbonyl (C=O) groups excluding carboxylic acids is 1. The van der Waals surface area contributed by atoms with E-state index in [-0.39, 0.29) is 12.3 Å². The molecular weight excluding hydrogens is 448 g/mol. The van der Waals surface area contributed by atoms with E-state index in [1.54, 1.807) is 0 Å². The van der Waals surface area contributed by atoms with Crippen molar-refractivity contribution >= 4 is 23.9 Å². The van der Waals surface area contributed by atoms with Crippen LogP contribution in [0, 0.1) is 10.1 Å². The number of nitrogens with two attached hydrogens (primary N) is 3. The molecule has 194 valence electrons. The Balaban J connectivity index is 0. The van der Waals surface area contributed by atoms with Crippen LogP contribution in [0.25, 0.3) is 0 Å². The molecule has 2 rings (SSSR count). The standard InChI is InChI=1S/C7H5NO3.C6H14N2O2.C6H13N.C3H6O3/c9-5-6-1-3-7(4-2-6)8(10)11;7-4-2-1-3-5(8)6(9)10;7-6-4-2-1-3-5-6;1-6-2-3(4)5/h1-5H;5H,1-4,7-8H2,(H,9,10);6H,1-5,7H2;2H2,1H3,(H,4,5). The summed E-state index contributed by atoms with van der Waals surface area (Å²) in [7, 11) is 1.34. The van der Waals surface area contributed by atoms with Crippen LogP contribution in [0.4, 0.5) is 5.69 Å². The number of aldehydes is 1. The number of ether oxygens (including phenoxy) is 1. The molecule has 12 heteroatoms. The average molecular weight is 487 g/mol. The minimum atomic E-state index is -0.933. The molecule has 1 aromatic carbocycles. The zero-order chi connectivity index (χ0) is 26.4. The van der Waals surface area contributed by atoms with Gasteiger partial charge in [-0.25, -0.2) is 4.79 Å². The first-order valence-corrected chi connectivity index (χ1v) is 10.9. The first kappa shape index (κ1) is 33.2. The fourth-order valence-electron chi connectivity index (χ4n) is 2.56. The van der Waals surface area contributed by atoms with Crippen molar-refractivity contribution < 1.29 is 34.3 Å². The van der Waals surface area contributed by atoms with Gasteiger partial charge in [0.1, 0.15) is 18.9 Å². The summed E-state index contributed by atoms with van der Waals surface area (Å²) in [5.74, 6) is -1.87. The summed E-state index contributed by atoms with van der Waals surface area (Å²) < 4.78 is 4.20. The van der Waals surface area contributed by atoms with Gasteiger partial charge in [-0.1, -0.05) is 25.7 Å². The Morgan fingerprint density at radius 1 is 1.18 bits per heavy atom. The molecule has 1 aromatic rings. The number of benzene rings is 1. The normalized spacial score (nSPS) is 13.4. The van der Waals surface area contributed by atoms with Gasteiger partial charge in [0.25, 0.3) is 5.69 Å². The van der Waals surface area contributed by atoms with Crippen LogP contribution in [0.3, 0.4) is 0 Å². The predicted molar refractivity (Wildman–Crippen MR) is 128 cm³/mol. The van der Waals surface area contributed by atoms with Crippen LogP contribution in [-0.4, -0.2) is 65.7 Å². The third kappa shape index (κ3) is 20.9. The van der Waals surface area contributed by atoms with Crippen LogP contribution in [0.5, 0.6) is 0 Å². The third-order valence-corrected chi connectivity index (χ3v) is 4.44. The molecule has 0 radical (unpaired) electrons. The Morgan fingerprint density at radius 3 is 2.03 bits per heavy atom. The molecule has 0 amide bonds. The lowest BCUT2D eigenvalue weighted by Crippen LogP contribution is -2.29. The molecule has 12 nitrogen and oxygen atoms in total. The quantitative estimate of drug-likeness (QED) is 0.147. The molecule has 1 aliphatic rings. The molecule has 0 aliphatic heterocycles. The third-order valence-electron chi connectivity index (χ3n) is 4.44. The van der Waals surface area contributed by atoms with Crippen LogP contribution in [0.1, 0.15) is 61.7 Å². The molecule has 1 fully saturated rings. The SMILES string of the molecule is COCC(=O)O.NC1CCCCC1.NCCCCC(N)C(=O)O.O=Cc1ccc([N+](=O)[O-])cc1. The summed E-state index contributed by atoms with van der Waals surface area (Å²) >= 11 is 0. The van der Waals surface area contributed by atoms with Crippen LogP contribution < -0.4 is 17.2 Å². The summed E-state index contributed by atoms with van der Waals surface area (Å²) in [4.78, 5) is 39.3. The van der Waals surface area contributed by atoms with Crippen molar-refractivity contribution in [1.29, 1.82) is 0 Å². The van der Waals surface area contributed by atoms with Gasteiger partial charge in [0.2, 0.25) is 0 Å². The maximum absolute atomic E-state index is 10.1. The van der Waals surface area contributed by atoms with E-state index in [9.17, 15) is 24.5 Å². The molecule has 1 aliphatic carbocycles. The summed E-state index contributed by atoms with van der Waals surface area (Å²) in [6.45, 7) is 0.395. The molecule has 8 N–H and O–H groups in total. The van der Waals surface area contributed by atoms with E-state index in [0.29, 0.717) is 30.9 Å². The van der Waals surface area contributed by atoms with Crippen molar-refractivity contribution in [2.24, 2.45) is 17.2 Å². The number of carbonyl (C=O) groups is 3. The highest BCUT2D eigenvalue weighted by Crippen LogP contribution is 2.14. The summed E-state index contributed by atoms with van der Waals surface area (Å²) in [6.07, 6.45) is 9.47. The van der Waals surface area contributed by atoms with Crippen molar-refractivity contribution in [3.63, 3.8) is 0 Å². The van der Waals surface area contributed by atoms with Crippen molar-refractivity contribution in [1.82, 2.24) is 0 Å². The van der Waals surface area contributed by atoms with Crippen molar-refractivity contribution in [2.75, 3.05) is 20.3 Å². The van der Waals surface area contributed by atoms with Crippen LogP contribution in [0.2, 0.25) is 0 Å².